The van der Waals surface area contributed by atoms with Gasteiger partial charge >= 0.3 is 0 Å². The summed E-state index contributed by atoms with van der Waals surface area (Å²) in [6.45, 7) is 1.82. The topological polar surface area (TPSA) is 49.4 Å². The molecule has 1 N–H and O–H groups in total. The van der Waals surface area contributed by atoms with Gasteiger partial charge in [-0.15, -0.1) is 11.8 Å². The van der Waals surface area contributed by atoms with Crippen molar-refractivity contribution < 1.29 is 14.0 Å². The number of hydrogen-bond acceptors (Lipinski definition) is 5. The van der Waals surface area contributed by atoms with Gasteiger partial charge in [0.1, 0.15) is 5.82 Å². The fourth-order valence-corrected chi connectivity index (χ4v) is 3.68. The van der Waals surface area contributed by atoms with Gasteiger partial charge in [-0.05, 0) is 66.4 Å². The molecule has 1 aliphatic heterocycles. The van der Waals surface area contributed by atoms with Crippen molar-refractivity contribution in [1.82, 2.24) is 4.90 Å². The van der Waals surface area contributed by atoms with Crippen molar-refractivity contribution >= 4 is 46.4 Å². The molecule has 4 nitrogen and oxygen atoms in total. The Morgan fingerprint density at radius 2 is 1.92 bits per heavy atom. The van der Waals surface area contributed by atoms with Gasteiger partial charge in [-0.2, -0.15) is 0 Å². The third kappa shape index (κ3) is 4.11. The van der Waals surface area contributed by atoms with Crippen molar-refractivity contribution in [2.45, 2.75) is 11.8 Å². The molecular formula is C19H17FN2O2S2. The van der Waals surface area contributed by atoms with Crippen LogP contribution in [-0.2, 0) is 4.79 Å². The van der Waals surface area contributed by atoms with Crippen LogP contribution in [0.2, 0.25) is 0 Å². The minimum absolute atomic E-state index is 0.00227. The largest absolute Gasteiger partial charge is 0.367 e. The number of carbonyl (C=O) groups excluding carboxylic acids is 2. The Morgan fingerprint density at radius 1 is 1.19 bits per heavy atom. The Labute approximate surface area is 159 Å². The molecule has 26 heavy (non-hydrogen) atoms. The zero-order chi connectivity index (χ0) is 18.7. The molecule has 0 spiro atoms. The van der Waals surface area contributed by atoms with Crippen molar-refractivity contribution in [3.63, 3.8) is 0 Å². The van der Waals surface area contributed by atoms with E-state index >= 15 is 0 Å². The predicted octanol–water partition coefficient (Wildman–Crippen LogP) is 4.96. The normalized spacial score (nSPS) is 15.8. The van der Waals surface area contributed by atoms with Gasteiger partial charge in [-0.25, -0.2) is 4.39 Å². The van der Waals surface area contributed by atoms with Crippen LogP contribution in [0, 0.1) is 12.7 Å². The molecule has 2 aromatic rings. The van der Waals surface area contributed by atoms with Crippen LogP contribution >= 0.6 is 23.5 Å². The van der Waals surface area contributed by atoms with E-state index in [9.17, 15) is 14.0 Å². The van der Waals surface area contributed by atoms with E-state index in [1.54, 1.807) is 23.9 Å². The molecule has 2 aromatic carbocycles. The number of amides is 2. The number of rotatable bonds is 5. The summed E-state index contributed by atoms with van der Waals surface area (Å²) < 4.78 is 13.4. The number of nitrogens with one attached hydrogen (secondary N) is 1. The highest BCUT2D eigenvalue weighted by molar-refractivity contribution is 8.18. The maximum atomic E-state index is 13.4. The summed E-state index contributed by atoms with van der Waals surface area (Å²) in [4.78, 5) is 27.3. The van der Waals surface area contributed by atoms with Crippen molar-refractivity contribution in [3.05, 3.63) is 64.3 Å². The van der Waals surface area contributed by atoms with Gasteiger partial charge in [-0.1, -0.05) is 18.2 Å². The molecule has 0 atom stereocenters. The molecule has 7 heteroatoms. The molecule has 0 radical (unpaired) electrons. The lowest BCUT2D eigenvalue weighted by atomic mass is 10.2. The van der Waals surface area contributed by atoms with Gasteiger partial charge in [0.25, 0.3) is 11.1 Å². The second kappa shape index (κ2) is 7.97. The van der Waals surface area contributed by atoms with Crippen LogP contribution in [-0.4, -0.2) is 29.0 Å². The number of halogens is 1. The standard InChI is InChI=1S/C19H17FN2O2S2/c1-12-3-6-14(20)10-16(12)21-11-22-18(23)17(26-19(22)24)9-13-4-7-15(25-2)8-5-13/h3-10,21H,11H2,1-2H3/b17-9-. The van der Waals surface area contributed by atoms with E-state index in [2.05, 4.69) is 5.32 Å². The van der Waals surface area contributed by atoms with Crippen LogP contribution < -0.4 is 5.32 Å². The summed E-state index contributed by atoms with van der Waals surface area (Å²) >= 11 is 2.55. The molecule has 0 aliphatic carbocycles. The molecule has 1 heterocycles. The van der Waals surface area contributed by atoms with Gasteiger partial charge < -0.3 is 5.32 Å². The Hall–Kier alpha value is -2.25. The van der Waals surface area contributed by atoms with Crippen LogP contribution in [0.15, 0.2) is 52.3 Å². The van der Waals surface area contributed by atoms with Crippen molar-refractivity contribution in [1.29, 1.82) is 0 Å². The maximum Gasteiger partial charge on any atom is 0.295 e. The highest BCUT2D eigenvalue weighted by Gasteiger charge is 2.34. The van der Waals surface area contributed by atoms with Gasteiger partial charge in [-0.3, -0.25) is 14.5 Å². The summed E-state index contributed by atoms with van der Waals surface area (Å²) in [5.41, 5.74) is 2.26. The monoisotopic (exact) mass is 388 g/mol. The highest BCUT2D eigenvalue weighted by atomic mass is 32.2. The number of hydrogen-bond donors (Lipinski definition) is 1. The van der Waals surface area contributed by atoms with Gasteiger partial charge in [0, 0.05) is 10.6 Å². The summed E-state index contributed by atoms with van der Waals surface area (Å²) in [6, 6.07) is 12.1. The lowest BCUT2D eigenvalue weighted by Gasteiger charge is -2.16. The van der Waals surface area contributed by atoms with Crippen LogP contribution in [0.25, 0.3) is 6.08 Å². The van der Waals surface area contributed by atoms with Crippen molar-refractivity contribution in [2.75, 3.05) is 18.2 Å². The molecule has 0 saturated carbocycles. The molecule has 1 fully saturated rings. The summed E-state index contributed by atoms with van der Waals surface area (Å²) in [7, 11) is 0. The number of benzene rings is 2. The molecule has 134 valence electrons. The quantitative estimate of drug-likeness (QED) is 0.579. The smallest absolute Gasteiger partial charge is 0.295 e. The zero-order valence-electron chi connectivity index (χ0n) is 14.3. The lowest BCUT2D eigenvalue weighted by Crippen LogP contribution is -2.33. The molecule has 3 rings (SSSR count). The van der Waals surface area contributed by atoms with Crippen molar-refractivity contribution in [2.24, 2.45) is 0 Å². The predicted molar refractivity (Wildman–Crippen MR) is 106 cm³/mol. The number of thioether (sulfide) groups is 2. The zero-order valence-corrected chi connectivity index (χ0v) is 15.9. The molecule has 1 aliphatic rings. The maximum absolute atomic E-state index is 13.4. The minimum Gasteiger partial charge on any atom is -0.367 e. The number of imide groups is 1. The molecule has 0 aromatic heterocycles. The number of nitrogens with zero attached hydrogens (tertiary/aromatic N) is 1. The van der Waals surface area contributed by atoms with Gasteiger partial charge in [0.05, 0.1) is 11.6 Å². The van der Waals surface area contributed by atoms with E-state index < -0.39 is 0 Å². The fourth-order valence-electron chi connectivity index (χ4n) is 2.44. The molecule has 0 unspecified atom stereocenters. The van der Waals surface area contributed by atoms with E-state index in [0.717, 1.165) is 32.7 Å². The first kappa shape index (κ1) is 18.5. The lowest BCUT2D eigenvalue weighted by molar-refractivity contribution is -0.122. The average molecular weight is 388 g/mol. The second-order valence-corrected chi connectivity index (χ2v) is 7.55. The van der Waals surface area contributed by atoms with Crippen LogP contribution in [0.3, 0.4) is 0 Å². The van der Waals surface area contributed by atoms with E-state index in [-0.39, 0.29) is 23.6 Å². The summed E-state index contributed by atoms with van der Waals surface area (Å²) in [6.07, 6.45) is 3.70. The minimum atomic E-state index is -0.374. The van der Waals surface area contributed by atoms with Crippen LogP contribution in [0.5, 0.6) is 0 Å². The molecule has 1 saturated heterocycles. The van der Waals surface area contributed by atoms with E-state index in [1.807, 2.05) is 37.4 Å². The van der Waals surface area contributed by atoms with Crippen LogP contribution in [0.4, 0.5) is 14.9 Å². The summed E-state index contributed by atoms with van der Waals surface area (Å²) in [5.74, 6) is -0.726. The molecular weight excluding hydrogens is 371 g/mol. The Balaban J connectivity index is 1.72. The van der Waals surface area contributed by atoms with Crippen LogP contribution in [0.1, 0.15) is 11.1 Å². The average Bonchev–Trinajstić information content (AvgIpc) is 2.90. The first-order chi connectivity index (χ1) is 12.5. The number of anilines is 1. The van der Waals surface area contributed by atoms with E-state index in [0.29, 0.717) is 10.6 Å². The first-order valence-corrected chi connectivity index (χ1v) is 9.91. The Kier molecular flexibility index (Phi) is 5.68. The summed E-state index contributed by atoms with van der Waals surface area (Å²) in [5, 5.41) is 2.61. The molecule has 0 bridgehead atoms. The first-order valence-electron chi connectivity index (χ1n) is 7.87. The second-order valence-electron chi connectivity index (χ2n) is 5.68. The third-order valence-electron chi connectivity index (χ3n) is 3.91. The number of carbonyl (C=O) groups is 2. The van der Waals surface area contributed by atoms with E-state index in [1.165, 1.54) is 12.1 Å². The van der Waals surface area contributed by atoms with Gasteiger partial charge in [0.15, 0.2) is 0 Å². The number of aryl methyl sites for hydroxylation is 1. The molecule has 2 amide bonds. The highest BCUT2D eigenvalue weighted by Crippen LogP contribution is 2.32. The third-order valence-corrected chi connectivity index (χ3v) is 5.57. The van der Waals surface area contributed by atoms with Gasteiger partial charge in [0.2, 0.25) is 0 Å². The Bertz CT molecular complexity index is 882. The fraction of sp³-hybridized carbons (Fsp3) is 0.158. The Morgan fingerprint density at radius 3 is 2.62 bits per heavy atom. The SMILES string of the molecule is CSc1ccc(/C=C2\SC(=O)N(CNc3cc(F)ccc3C)C2=O)cc1. The van der Waals surface area contributed by atoms with E-state index in [4.69, 9.17) is 0 Å². The van der Waals surface area contributed by atoms with Crippen molar-refractivity contribution in [3.8, 4) is 0 Å².